The lowest BCUT2D eigenvalue weighted by molar-refractivity contribution is -0.129. The number of rotatable bonds is 11. The van der Waals surface area contributed by atoms with Gasteiger partial charge < -0.3 is 21.3 Å². The Labute approximate surface area is 212 Å². The van der Waals surface area contributed by atoms with Crippen LogP contribution in [0.15, 0.2) is 72.8 Å². The molecule has 3 aromatic rings. The topological polar surface area (TPSA) is 105 Å². The third kappa shape index (κ3) is 8.38. The third-order valence-electron chi connectivity index (χ3n) is 5.60. The number of carbonyl (C=O) groups is 3. The molecule has 3 amide bonds. The van der Waals surface area contributed by atoms with Crippen molar-refractivity contribution in [1.29, 1.82) is 0 Å². The van der Waals surface area contributed by atoms with Crippen molar-refractivity contribution in [1.82, 2.24) is 10.6 Å². The molecule has 7 nitrogen and oxygen atoms in total. The Kier molecular flexibility index (Phi) is 11.2. The van der Waals surface area contributed by atoms with Gasteiger partial charge in [0.2, 0.25) is 17.7 Å². The number of hydrogen-bond acceptors (Lipinski definition) is 4. The van der Waals surface area contributed by atoms with Crippen molar-refractivity contribution in [3.05, 3.63) is 78.4 Å². The van der Waals surface area contributed by atoms with Gasteiger partial charge in [0.15, 0.2) is 0 Å². The zero-order valence-electron chi connectivity index (χ0n) is 19.9. The highest BCUT2D eigenvalue weighted by Crippen LogP contribution is 2.17. The van der Waals surface area contributed by atoms with Crippen LogP contribution >= 0.6 is 12.4 Å². The summed E-state index contributed by atoms with van der Waals surface area (Å²) in [7, 11) is 0. The van der Waals surface area contributed by atoms with Gasteiger partial charge in [-0.2, -0.15) is 0 Å². The summed E-state index contributed by atoms with van der Waals surface area (Å²) < 4.78 is 0. The van der Waals surface area contributed by atoms with E-state index in [0.717, 1.165) is 22.0 Å². The van der Waals surface area contributed by atoms with E-state index in [1.54, 1.807) is 4.90 Å². The lowest BCUT2D eigenvalue weighted by Gasteiger charge is -2.22. The van der Waals surface area contributed by atoms with Gasteiger partial charge in [0.1, 0.15) is 6.04 Å². The normalized spacial score (nSPS) is 11.3. The molecular formula is C27H33ClN4O3. The first kappa shape index (κ1) is 27.8. The van der Waals surface area contributed by atoms with E-state index in [0.29, 0.717) is 25.9 Å². The maximum Gasteiger partial charge on any atom is 0.242 e. The molecule has 0 aliphatic heterocycles. The Bertz CT molecular complexity index is 1120. The fourth-order valence-electron chi connectivity index (χ4n) is 3.80. The number of fused-ring (bicyclic) bond motifs is 1. The predicted molar refractivity (Wildman–Crippen MR) is 143 cm³/mol. The minimum Gasteiger partial charge on any atom is -0.354 e. The molecule has 0 spiro atoms. The number of benzene rings is 3. The van der Waals surface area contributed by atoms with E-state index in [2.05, 4.69) is 10.6 Å². The number of nitrogens with one attached hydrogen (secondary N) is 2. The first-order chi connectivity index (χ1) is 16.5. The van der Waals surface area contributed by atoms with Crippen LogP contribution in [0.2, 0.25) is 0 Å². The van der Waals surface area contributed by atoms with Crippen molar-refractivity contribution in [3.8, 4) is 0 Å². The quantitative estimate of drug-likeness (QED) is 0.354. The molecule has 0 heterocycles. The summed E-state index contributed by atoms with van der Waals surface area (Å²) in [6.07, 6.45) is 1.10. The van der Waals surface area contributed by atoms with Crippen LogP contribution in [0.1, 0.15) is 25.3 Å². The second-order valence-corrected chi connectivity index (χ2v) is 8.20. The lowest BCUT2D eigenvalue weighted by atomic mass is 10.0. The number of nitrogens with two attached hydrogens (primary N) is 1. The summed E-state index contributed by atoms with van der Waals surface area (Å²) >= 11 is 0. The third-order valence-corrected chi connectivity index (χ3v) is 5.60. The molecule has 3 aromatic carbocycles. The van der Waals surface area contributed by atoms with E-state index in [1.807, 2.05) is 72.8 Å². The fourth-order valence-corrected chi connectivity index (χ4v) is 3.80. The average Bonchev–Trinajstić information content (AvgIpc) is 2.84. The molecule has 0 aliphatic carbocycles. The molecule has 0 radical (unpaired) electrons. The first-order valence-electron chi connectivity index (χ1n) is 11.6. The molecule has 35 heavy (non-hydrogen) atoms. The molecule has 8 heteroatoms. The van der Waals surface area contributed by atoms with Crippen molar-refractivity contribution in [2.45, 2.75) is 32.2 Å². The molecule has 0 aliphatic rings. The van der Waals surface area contributed by atoms with Crippen LogP contribution in [0.25, 0.3) is 10.8 Å². The molecule has 0 bridgehead atoms. The molecule has 1 atom stereocenters. The van der Waals surface area contributed by atoms with Crippen molar-refractivity contribution in [2.24, 2.45) is 5.73 Å². The van der Waals surface area contributed by atoms with Crippen LogP contribution in [-0.2, 0) is 20.8 Å². The van der Waals surface area contributed by atoms with Gasteiger partial charge >= 0.3 is 0 Å². The summed E-state index contributed by atoms with van der Waals surface area (Å²) in [6, 6.07) is 22.5. The number of nitrogens with zero attached hydrogens (tertiary/aromatic N) is 1. The summed E-state index contributed by atoms with van der Waals surface area (Å²) in [4.78, 5) is 39.3. The maximum atomic E-state index is 12.9. The molecular weight excluding hydrogens is 464 g/mol. The van der Waals surface area contributed by atoms with E-state index < -0.39 is 6.04 Å². The van der Waals surface area contributed by atoms with E-state index in [1.165, 1.54) is 6.92 Å². The van der Waals surface area contributed by atoms with Gasteiger partial charge in [-0.1, -0.05) is 60.7 Å². The molecule has 0 saturated carbocycles. The van der Waals surface area contributed by atoms with Crippen LogP contribution in [0.4, 0.5) is 5.69 Å². The number of anilines is 1. The van der Waals surface area contributed by atoms with Gasteiger partial charge in [-0.3, -0.25) is 14.4 Å². The Balaban J connectivity index is 0.00000432. The highest BCUT2D eigenvalue weighted by molar-refractivity contribution is 5.93. The van der Waals surface area contributed by atoms with Crippen molar-refractivity contribution >= 4 is 46.6 Å². The summed E-state index contributed by atoms with van der Waals surface area (Å²) in [6.45, 7) is 2.62. The van der Waals surface area contributed by atoms with Crippen LogP contribution < -0.4 is 21.3 Å². The Morgan fingerprint density at radius 2 is 1.63 bits per heavy atom. The second-order valence-electron chi connectivity index (χ2n) is 8.20. The number of carbonyl (C=O) groups excluding carboxylic acids is 3. The molecule has 186 valence electrons. The number of halogens is 1. The van der Waals surface area contributed by atoms with Crippen LogP contribution in [0, 0.1) is 0 Å². The van der Waals surface area contributed by atoms with Gasteiger partial charge in [0, 0.05) is 38.5 Å². The minimum atomic E-state index is -0.728. The van der Waals surface area contributed by atoms with Crippen molar-refractivity contribution in [2.75, 3.05) is 24.5 Å². The monoisotopic (exact) mass is 496 g/mol. The Morgan fingerprint density at radius 1 is 0.943 bits per heavy atom. The van der Waals surface area contributed by atoms with E-state index in [4.69, 9.17) is 5.73 Å². The maximum absolute atomic E-state index is 12.9. The van der Waals surface area contributed by atoms with E-state index >= 15 is 0 Å². The molecule has 3 rings (SSSR count). The molecule has 0 fully saturated rings. The number of hydrogen-bond donors (Lipinski definition) is 3. The lowest BCUT2D eigenvalue weighted by Crippen LogP contribution is -2.49. The highest BCUT2D eigenvalue weighted by Gasteiger charge is 2.22. The Morgan fingerprint density at radius 3 is 2.31 bits per heavy atom. The zero-order chi connectivity index (χ0) is 24.3. The van der Waals surface area contributed by atoms with Crippen LogP contribution in [0.5, 0.6) is 0 Å². The fraction of sp³-hybridized carbons (Fsp3) is 0.296. The van der Waals surface area contributed by atoms with E-state index in [9.17, 15) is 14.4 Å². The van der Waals surface area contributed by atoms with Gasteiger partial charge in [-0.15, -0.1) is 12.4 Å². The second kappa shape index (κ2) is 14.1. The SMILES string of the molecule is CC(=O)N(CCC(=O)N[C@H](Cc1ccc2ccccc2c1)C(=O)NCCCN)c1ccccc1.Cl. The van der Waals surface area contributed by atoms with Crippen LogP contribution in [0.3, 0.4) is 0 Å². The largest absolute Gasteiger partial charge is 0.354 e. The number of amides is 3. The zero-order valence-corrected chi connectivity index (χ0v) is 20.7. The van der Waals surface area contributed by atoms with Gasteiger partial charge in [0.05, 0.1) is 0 Å². The average molecular weight is 497 g/mol. The summed E-state index contributed by atoms with van der Waals surface area (Å²) in [5.74, 6) is -0.686. The van der Waals surface area contributed by atoms with Crippen molar-refractivity contribution in [3.63, 3.8) is 0 Å². The molecule has 0 unspecified atom stereocenters. The molecule has 0 saturated heterocycles. The predicted octanol–water partition coefficient (Wildman–Crippen LogP) is 3.20. The van der Waals surface area contributed by atoms with Gasteiger partial charge in [0.25, 0.3) is 0 Å². The molecule has 4 N–H and O–H groups in total. The van der Waals surface area contributed by atoms with Crippen molar-refractivity contribution < 1.29 is 14.4 Å². The summed E-state index contributed by atoms with van der Waals surface area (Å²) in [5, 5.41) is 7.92. The smallest absolute Gasteiger partial charge is 0.242 e. The van der Waals surface area contributed by atoms with Gasteiger partial charge in [-0.25, -0.2) is 0 Å². The standard InChI is InChI=1S/C27H32N4O3.ClH/c1-20(32)31(24-10-3-2-4-11-24)17-14-26(33)30-25(27(34)29-16-7-15-28)19-21-12-13-22-8-5-6-9-23(22)18-21;/h2-6,8-13,18,25H,7,14-17,19,28H2,1H3,(H,29,34)(H,30,33);1H/t25-;/m1./s1. The minimum absolute atomic E-state index is 0. The first-order valence-corrected chi connectivity index (χ1v) is 11.6. The van der Waals surface area contributed by atoms with Gasteiger partial charge in [-0.05, 0) is 41.4 Å². The summed E-state index contributed by atoms with van der Waals surface area (Å²) in [5.41, 5.74) is 7.22. The van der Waals surface area contributed by atoms with Crippen LogP contribution in [-0.4, -0.2) is 43.4 Å². The Hall–Kier alpha value is -3.42. The highest BCUT2D eigenvalue weighted by atomic mass is 35.5. The molecule has 0 aromatic heterocycles. The van der Waals surface area contributed by atoms with E-state index in [-0.39, 0.29) is 43.1 Å². The number of para-hydroxylation sites is 1.